The quantitative estimate of drug-likeness (QED) is 0.790. The molecule has 3 nitrogen and oxygen atoms in total. The molecule has 0 aliphatic rings. The van der Waals surface area contributed by atoms with Gasteiger partial charge in [0.1, 0.15) is 0 Å². The normalized spacial score (nSPS) is 13.0. The van der Waals surface area contributed by atoms with Crippen molar-refractivity contribution in [1.29, 1.82) is 0 Å². The molecule has 114 valence electrons. The van der Waals surface area contributed by atoms with Crippen LogP contribution >= 0.6 is 0 Å². The molecule has 1 rings (SSSR count). The van der Waals surface area contributed by atoms with Crippen molar-refractivity contribution in [2.45, 2.75) is 46.1 Å². The van der Waals surface area contributed by atoms with Crippen molar-refractivity contribution in [2.75, 3.05) is 6.61 Å². The number of aliphatic hydroxyl groups excluding tert-OH is 1. The smallest absolute Gasteiger partial charge is 0.223 e. The molecule has 0 saturated carbocycles. The summed E-state index contributed by atoms with van der Waals surface area (Å²) < 4.78 is 0. The summed E-state index contributed by atoms with van der Waals surface area (Å²) in [6, 6.07) is 7.82. The zero-order valence-corrected chi connectivity index (χ0v) is 13.1. The van der Waals surface area contributed by atoms with Crippen LogP contribution in [0.3, 0.4) is 0 Å². The second kappa shape index (κ2) is 9.20. The zero-order chi connectivity index (χ0) is 15.7. The molecule has 1 amide bonds. The molecule has 3 heteroatoms. The van der Waals surface area contributed by atoms with Crippen LogP contribution in [0.15, 0.2) is 24.3 Å². The summed E-state index contributed by atoms with van der Waals surface area (Å²) in [5.74, 6) is 6.06. The fourth-order valence-electron chi connectivity index (χ4n) is 2.11. The Kier molecular flexibility index (Phi) is 7.56. The number of rotatable bonds is 6. The number of carbonyl (C=O) groups is 1. The number of amides is 1. The largest absolute Gasteiger partial charge is 0.395 e. The predicted octanol–water partition coefficient (Wildman–Crippen LogP) is 3.03. The number of benzene rings is 1. The molecule has 0 heterocycles. The lowest BCUT2D eigenvalue weighted by Crippen LogP contribution is -2.31. The second-order valence-electron chi connectivity index (χ2n) is 5.32. The van der Waals surface area contributed by atoms with E-state index in [4.69, 9.17) is 5.11 Å². The van der Waals surface area contributed by atoms with E-state index in [0.29, 0.717) is 6.42 Å². The first-order chi connectivity index (χ1) is 10.1. The lowest BCUT2D eigenvalue weighted by Gasteiger charge is -2.17. The van der Waals surface area contributed by atoms with Crippen molar-refractivity contribution in [3.05, 3.63) is 35.4 Å². The number of hydrogen-bond donors (Lipinski definition) is 2. The van der Waals surface area contributed by atoms with Gasteiger partial charge < -0.3 is 10.4 Å². The summed E-state index contributed by atoms with van der Waals surface area (Å²) in [4.78, 5) is 12.0. The van der Waals surface area contributed by atoms with Gasteiger partial charge in [0, 0.05) is 17.9 Å². The van der Waals surface area contributed by atoms with Crippen molar-refractivity contribution in [2.24, 2.45) is 5.92 Å². The maximum Gasteiger partial charge on any atom is 0.223 e. The molecule has 0 spiro atoms. The van der Waals surface area contributed by atoms with Crippen molar-refractivity contribution in [3.8, 4) is 11.8 Å². The lowest BCUT2D eigenvalue weighted by molar-refractivity contribution is -0.125. The van der Waals surface area contributed by atoms with E-state index in [1.165, 1.54) is 0 Å². The minimum Gasteiger partial charge on any atom is -0.395 e. The number of carbonyl (C=O) groups excluding carboxylic acids is 1. The first-order valence-corrected chi connectivity index (χ1v) is 7.58. The van der Waals surface area contributed by atoms with Gasteiger partial charge in [-0.25, -0.2) is 0 Å². The van der Waals surface area contributed by atoms with E-state index in [0.717, 1.165) is 24.0 Å². The Morgan fingerprint density at radius 1 is 1.38 bits per heavy atom. The van der Waals surface area contributed by atoms with Crippen LogP contribution in [0.5, 0.6) is 0 Å². The van der Waals surface area contributed by atoms with E-state index in [2.05, 4.69) is 24.1 Å². The second-order valence-corrected chi connectivity index (χ2v) is 5.32. The van der Waals surface area contributed by atoms with Crippen LogP contribution in [0.2, 0.25) is 0 Å². The van der Waals surface area contributed by atoms with Crippen LogP contribution < -0.4 is 5.32 Å². The molecule has 0 aliphatic carbocycles. The molecule has 1 aromatic rings. The van der Waals surface area contributed by atoms with Crippen molar-refractivity contribution >= 4 is 5.91 Å². The SMILES string of the molecule is CCCC(C)C(=O)NC(C)c1cccc(C#CCCO)c1. The highest BCUT2D eigenvalue weighted by molar-refractivity contribution is 5.78. The number of hydrogen-bond acceptors (Lipinski definition) is 2. The molecular weight excluding hydrogens is 262 g/mol. The zero-order valence-electron chi connectivity index (χ0n) is 13.1. The van der Waals surface area contributed by atoms with Crippen LogP contribution in [0.4, 0.5) is 0 Å². The average Bonchev–Trinajstić information content (AvgIpc) is 2.48. The van der Waals surface area contributed by atoms with Crippen molar-refractivity contribution in [3.63, 3.8) is 0 Å². The Labute approximate surface area is 127 Å². The van der Waals surface area contributed by atoms with E-state index in [9.17, 15) is 4.79 Å². The standard InChI is InChI=1S/C18H25NO2/c1-4-8-14(2)18(21)19-15(3)17-11-7-10-16(13-17)9-5-6-12-20/h7,10-11,13-15,20H,4,6,8,12H2,1-3H3,(H,19,21). The molecule has 0 fully saturated rings. The third kappa shape index (κ3) is 6.01. The Hall–Kier alpha value is -1.79. The molecule has 0 bridgehead atoms. The van der Waals surface area contributed by atoms with Gasteiger partial charge >= 0.3 is 0 Å². The van der Waals surface area contributed by atoms with Gasteiger partial charge in [-0.3, -0.25) is 4.79 Å². The topological polar surface area (TPSA) is 49.3 Å². The molecule has 2 N–H and O–H groups in total. The Morgan fingerprint density at radius 3 is 2.81 bits per heavy atom. The van der Waals surface area contributed by atoms with Gasteiger partial charge in [0.05, 0.1) is 12.6 Å². The molecule has 0 radical (unpaired) electrons. The molecule has 2 atom stereocenters. The third-order valence-corrected chi connectivity index (χ3v) is 3.38. The number of aliphatic hydroxyl groups is 1. The number of nitrogens with one attached hydrogen (secondary N) is 1. The minimum atomic E-state index is -0.0311. The van der Waals surface area contributed by atoms with Crippen molar-refractivity contribution in [1.82, 2.24) is 5.32 Å². The maximum absolute atomic E-state index is 12.0. The third-order valence-electron chi connectivity index (χ3n) is 3.38. The average molecular weight is 287 g/mol. The summed E-state index contributed by atoms with van der Waals surface area (Å²) in [6.07, 6.45) is 2.40. The molecule has 1 aromatic carbocycles. The monoisotopic (exact) mass is 287 g/mol. The van der Waals surface area contributed by atoms with Gasteiger partial charge in [-0.2, -0.15) is 0 Å². The summed E-state index contributed by atoms with van der Waals surface area (Å²) in [5.41, 5.74) is 1.95. The van der Waals surface area contributed by atoms with E-state index >= 15 is 0 Å². The van der Waals surface area contributed by atoms with Crippen LogP contribution in [0, 0.1) is 17.8 Å². The van der Waals surface area contributed by atoms with E-state index in [1.54, 1.807) is 0 Å². The predicted molar refractivity (Wildman–Crippen MR) is 85.7 cm³/mol. The fourth-order valence-corrected chi connectivity index (χ4v) is 2.11. The minimum absolute atomic E-state index is 0.0311. The Bertz CT molecular complexity index is 513. The Morgan fingerprint density at radius 2 is 2.14 bits per heavy atom. The van der Waals surface area contributed by atoms with Gasteiger partial charge in [-0.1, -0.05) is 44.2 Å². The first-order valence-electron chi connectivity index (χ1n) is 7.58. The first kappa shape index (κ1) is 17.3. The summed E-state index contributed by atoms with van der Waals surface area (Å²) in [6.45, 7) is 6.11. The van der Waals surface area contributed by atoms with E-state index in [-0.39, 0.29) is 24.5 Å². The van der Waals surface area contributed by atoms with Gasteiger partial charge in [0.25, 0.3) is 0 Å². The maximum atomic E-state index is 12.0. The van der Waals surface area contributed by atoms with Crippen LogP contribution in [0.1, 0.15) is 57.2 Å². The highest BCUT2D eigenvalue weighted by Gasteiger charge is 2.15. The molecule has 0 saturated heterocycles. The van der Waals surface area contributed by atoms with Crippen molar-refractivity contribution < 1.29 is 9.90 Å². The summed E-state index contributed by atoms with van der Waals surface area (Å²) in [7, 11) is 0. The van der Waals surface area contributed by atoms with Crippen LogP contribution in [-0.2, 0) is 4.79 Å². The highest BCUT2D eigenvalue weighted by Crippen LogP contribution is 2.15. The van der Waals surface area contributed by atoms with Crippen LogP contribution in [0.25, 0.3) is 0 Å². The lowest BCUT2D eigenvalue weighted by atomic mass is 10.0. The van der Waals surface area contributed by atoms with Gasteiger partial charge in [-0.15, -0.1) is 0 Å². The van der Waals surface area contributed by atoms with Crippen LogP contribution in [-0.4, -0.2) is 17.6 Å². The van der Waals surface area contributed by atoms with Gasteiger partial charge in [0.15, 0.2) is 0 Å². The van der Waals surface area contributed by atoms with Gasteiger partial charge in [0.2, 0.25) is 5.91 Å². The summed E-state index contributed by atoms with van der Waals surface area (Å²) >= 11 is 0. The molecule has 2 unspecified atom stereocenters. The fraction of sp³-hybridized carbons (Fsp3) is 0.500. The highest BCUT2D eigenvalue weighted by atomic mass is 16.2. The molecular formula is C18H25NO2. The summed E-state index contributed by atoms with van der Waals surface area (Å²) in [5, 5.41) is 11.8. The molecule has 21 heavy (non-hydrogen) atoms. The molecule has 0 aliphatic heterocycles. The van der Waals surface area contributed by atoms with E-state index < -0.39 is 0 Å². The Balaban J connectivity index is 2.70. The van der Waals surface area contributed by atoms with E-state index in [1.807, 2.05) is 38.1 Å². The van der Waals surface area contributed by atoms with Gasteiger partial charge in [-0.05, 0) is 31.0 Å². The molecule has 0 aromatic heterocycles.